The smallest absolute Gasteiger partial charge is 0.235 e. The van der Waals surface area contributed by atoms with Gasteiger partial charge in [0.25, 0.3) is 0 Å². The molecule has 1 aliphatic heterocycles. The molecule has 9 heteroatoms. The van der Waals surface area contributed by atoms with Gasteiger partial charge in [-0.3, -0.25) is 9.59 Å². The van der Waals surface area contributed by atoms with Gasteiger partial charge in [-0.15, -0.1) is 0 Å². The summed E-state index contributed by atoms with van der Waals surface area (Å²) in [6.45, 7) is 0.211. The number of benzene rings is 2. The Labute approximate surface area is 175 Å². The fourth-order valence-corrected chi connectivity index (χ4v) is 4.00. The topological polar surface area (TPSA) is 86.8 Å². The van der Waals surface area contributed by atoms with E-state index in [9.17, 15) is 22.4 Å². The number of sulfonamides is 1. The molecule has 1 saturated heterocycles. The van der Waals surface area contributed by atoms with E-state index in [0.29, 0.717) is 13.0 Å². The summed E-state index contributed by atoms with van der Waals surface area (Å²) in [6.07, 6.45) is 2.34. The third-order valence-electron chi connectivity index (χ3n) is 4.88. The van der Waals surface area contributed by atoms with Gasteiger partial charge in [0.2, 0.25) is 21.8 Å². The molecule has 30 heavy (non-hydrogen) atoms. The number of anilines is 1. The van der Waals surface area contributed by atoms with Crippen LogP contribution in [0.4, 0.5) is 10.1 Å². The molecule has 1 fully saturated rings. The van der Waals surface area contributed by atoms with E-state index in [-0.39, 0.29) is 24.6 Å². The Kier molecular flexibility index (Phi) is 6.84. The average molecular weight is 434 g/mol. The number of nitrogens with one attached hydrogen (secondary N) is 1. The van der Waals surface area contributed by atoms with Crippen LogP contribution in [0, 0.1) is 5.82 Å². The zero-order valence-corrected chi connectivity index (χ0v) is 17.5. The molecule has 2 amide bonds. The SMILES string of the molecule is CS(=O)(=O)N(CC(=O)NCc1cccc(N2CCCC2=O)c1)Cc1ccccc1F. The number of halogens is 1. The molecule has 0 aromatic heterocycles. The molecule has 3 rings (SSSR count). The second-order valence-electron chi connectivity index (χ2n) is 7.22. The first kappa shape index (κ1) is 21.9. The minimum atomic E-state index is -3.72. The molecule has 160 valence electrons. The number of nitrogens with zero attached hydrogens (tertiary/aromatic N) is 2. The molecule has 1 N–H and O–H groups in total. The highest BCUT2D eigenvalue weighted by atomic mass is 32.2. The van der Waals surface area contributed by atoms with Gasteiger partial charge in [0.05, 0.1) is 12.8 Å². The summed E-state index contributed by atoms with van der Waals surface area (Å²) in [4.78, 5) is 26.0. The zero-order chi connectivity index (χ0) is 21.7. The monoisotopic (exact) mass is 433 g/mol. The van der Waals surface area contributed by atoms with E-state index in [0.717, 1.165) is 28.2 Å². The van der Waals surface area contributed by atoms with Crippen LogP contribution in [0.2, 0.25) is 0 Å². The van der Waals surface area contributed by atoms with Crippen LogP contribution < -0.4 is 10.2 Å². The largest absolute Gasteiger partial charge is 0.351 e. The van der Waals surface area contributed by atoms with Gasteiger partial charge in [0, 0.05) is 37.3 Å². The lowest BCUT2D eigenvalue weighted by molar-refractivity contribution is -0.121. The van der Waals surface area contributed by atoms with Crippen LogP contribution in [0.15, 0.2) is 48.5 Å². The molecule has 0 radical (unpaired) electrons. The van der Waals surface area contributed by atoms with Gasteiger partial charge in [-0.05, 0) is 30.2 Å². The highest BCUT2D eigenvalue weighted by Crippen LogP contribution is 2.22. The molecule has 0 bridgehead atoms. The van der Waals surface area contributed by atoms with Gasteiger partial charge in [-0.1, -0.05) is 30.3 Å². The quantitative estimate of drug-likeness (QED) is 0.690. The summed E-state index contributed by atoms with van der Waals surface area (Å²) < 4.78 is 38.9. The molecule has 0 unspecified atom stereocenters. The van der Waals surface area contributed by atoms with Gasteiger partial charge < -0.3 is 10.2 Å². The Morgan fingerprint density at radius 1 is 1.20 bits per heavy atom. The van der Waals surface area contributed by atoms with Crippen LogP contribution in [-0.2, 0) is 32.7 Å². The number of hydrogen-bond donors (Lipinski definition) is 1. The maximum atomic E-state index is 13.9. The summed E-state index contributed by atoms with van der Waals surface area (Å²) in [5, 5.41) is 2.69. The van der Waals surface area contributed by atoms with E-state index >= 15 is 0 Å². The van der Waals surface area contributed by atoms with Crippen LogP contribution in [0.3, 0.4) is 0 Å². The van der Waals surface area contributed by atoms with E-state index in [1.807, 2.05) is 24.3 Å². The second-order valence-corrected chi connectivity index (χ2v) is 9.20. The molecule has 7 nitrogen and oxygen atoms in total. The van der Waals surface area contributed by atoms with Crippen LogP contribution in [0.1, 0.15) is 24.0 Å². The van der Waals surface area contributed by atoms with Gasteiger partial charge in [0.1, 0.15) is 5.82 Å². The minimum absolute atomic E-state index is 0.0770. The Morgan fingerprint density at radius 2 is 1.97 bits per heavy atom. The van der Waals surface area contributed by atoms with Crippen LogP contribution in [0.25, 0.3) is 0 Å². The molecule has 1 aliphatic rings. The highest BCUT2D eigenvalue weighted by Gasteiger charge is 2.23. The molecule has 1 heterocycles. The Balaban J connectivity index is 1.62. The summed E-state index contributed by atoms with van der Waals surface area (Å²) in [7, 11) is -3.72. The zero-order valence-electron chi connectivity index (χ0n) is 16.7. The van der Waals surface area contributed by atoms with Gasteiger partial charge >= 0.3 is 0 Å². The van der Waals surface area contributed by atoms with E-state index in [2.05, 4.69) is 5.32 Å². The van der Waals surface area contributed by atoms with Crippen molar-refractivity contribution in [1.82, 2.24) is 9.62 Å². The fourth-order valence-electron chi connectivity index (χ4n) is 3.28. The van der Waals surface area contributed by atoms with Crippen molar-refractivity contribution in [2.45, 2.75) is 25.9 Å². The first-order valence-electron chi connectivity index (χ1n) is 9.58. The molecule has 0 saturated carbocycles. The average Bonchev–Trinajstić information content (AvgIpc) is 3.13. The number of amides is 2. The predicted molar refractivity (Wildman–Crippen MR) is 112 cm³/mol. The van der Waals surface area contributed by atoms with Crippen LogP contribution in [-0.4, -0.2) is 43.9 Å². The van der Waals surface area contributed by atoms with E-state index in [1.165, 1.54) is 18.2 Å². The Morgan fingerprint density at radius 3 is 2.63 bits per heavy atom. The lowest BCUT2D eigenvalue weighted by atomic mass is 10.2. The maximum absolute atomic E-state index is 13.9. The number of hydrogen-bond acceptors (Lipinski definition) is 4. The van der Waals surface area contributed by atoms with E-state index in [4.69, 9.17) is 0 Å². The Hall–Kier alpha value is -2.78. The second kappa shape index (κ2) is 9.36. The highest BCUT2D eigenvalue weighted by molar-refractivity contribution is 7.88. The van der Waals surface area contributed by atoms with Crippen molar-refractivity contribution in [3.05, 3.63) is 65.5 Å². The van der Waals surface area contributed by atoms with Crippen LogP contribution >= 0.6 is 0 Å². The van der Waals surface area contributed by atoms with Crippen molar-refractivity contribution < 1.29 is 22.4 Å². The molecule has 2 aromatic rings. The van der Waals surface area contributed by atoms with E-state index < -0.39 is 28.3 Å². The molecule has 0 aliphatic carbocycles. The van der Waals surface area contributed by atoms with Crippen molar-refractivity contribution >= 4 is 27.5 Å². The molecule has 2 aromatic carbocycles. The number of carbonyl (C=O) groups is 2. The van der Waals surface area contributed by atoms with E-state index in [1.54, 1.807) is 11.0 Å². The number of rotatable bonds is 8. The normalized spacial score (nSPS) is 14.4. The van der Waals surface area contributed by atoms with Crippen molar-refractivity contribution in [1.29, 1.82) is 0 Å². The number of carbonyl (C=O) groups excluding carboxylic acids is 2. The third kappa shape index (κ3) is 5.64. The summed E-state index contributed by atoms with van der Waals surface area (Å²) >= 11 is 0. The first-order chi connectivity index (χ1) is 14.2. The van der Waals surface area contributed by atoms with Gasteiger partial charge in [-0.2, -0.15) is 4.31 Å². The first-order valence-corrected chi connectivity index (χ1v) is 11.4. The fraction of sp³-hybridized carbons (Fsp3) is 0.333. The standard InChI is InChI=1S/C21H24FN3O4S/c1-30(28,29)24(14-17-7-2-3-9-19(17)22)15-20(26)23-13-16-6-4-8-18(12-16)25-11-5-10-21(25)27/h2-4,6-9,12H,5,10-11,13-15H2,1H3,(H,23,26). The van der Waals surface area contributed by atoms with Gasteiger partial charge in [0.15, 0.2) is 0 Å². The maximum Gasteiger partial charge on any atom is 0.235 e. The third-order valence-corrected chi connectivity index (χ3v) is 6.08. The van der Waals surface area contributed by atoms with Crippen molar-refractivity contribution in [2.75, 3.05) is 24.2 Å². The molecule has 0 atom stereocenters. The van der Waals surface area contributed by atoms with Crippen molar-refractivity contribution in [3.8, 4) is 0 Å². The Bertz CT molecular complexity index is 1040. The summed E-state index contributed by atoms with van der Waals surface area (Å²) in [5.74, 6) is -0.952. The van der Waals surface area contributed by atoms with Crippen LogP contribution in [0.5, 0.6) is 0 Å². The summed E-state index contributed by atoms with van der Waals surface area (Å²) in [6, 6.07) is 13.1. The van der Waals surface area contributed by atoms with Crippen molar-refractivity contribution in [3.63, 3.8) is 0 Å². The predicted octanol–water partition coefficient (Wildman–Crippen LogP) is 2.03. The van der Waals surface area contributed by atoms with Crippen molar-refractivity contribution in [2.24, 2.45) is 0 Å². The van der Waals surface area contributed by atoms with Gasteiger partial charge in [-0.25, -0.2) is 12.8 Å². The lowest BCUT2D eigenvalue weighted by Crippen LogP contribution is -2.39. The molecular formula is C21H24FN3O4S. The lowest BCUT2D eigenvalue weighted by Gasteiger charge is -2.20. The molecular weight excluding hydrogens is 409 g/mol. The summed E-state index contributed by atoms with van der Waals surface area (Å²) in [5.41, 5.74) is 1.76. The molecule has 0 spiro atoms. The minimum Gasteiger partial charge on any atom is -0.351 e.